The lowest BCUT2D eigenvalue weighted by molar-refractivity contribution is 0.379. The Morgan fingerprint density at radius 1 is 1.40 bits per heavy atom. The van der Waals surface area contributed by atoms with E-state index in [1.165, 1.54) is 22.0 Å². The Labute approximate surface area is 96.9 Å². The molecule has 0 aliphatic heterocycles. The lowest BCUT2D eigenvalue weighted by atomic mass is 9.88. The third-order valence-corrected chi connectivity index (χ3v) is 3.81. The van der Waals surface area contributed by atoms with E-state index in [0.29, 0.717) is 0 Å². The van der Waals surface area contributed by atoms with Crippen molar-refractivity contribution in [2.75, 3.05) is 6.54 Å². The largest absolute Gasteiger partial charge is 0.330 e. The Morgan fingerprint density at radius 3 is 2.60 bits per heavy atom. The Morgan fingerprint density at radius 2 is 2.07 bits per heavy atom. The monoisotopic (exact) mass is 226 g/mol. The Kier molecular flexibility index (Phi) is 4.29. The number of hydrogen-bond donors (Lipinski definition) is 1. The average Bonchev–Trinajstić information content (AvgIpc) is 2.47. The summed E-state index contributed by atoms with van der Waals surface area (Å²) in [5.74, 6) is 0. The van der Waals surface area contributed by atoms with E-state index in [9.17, 15) is 0 Å². The predicted molar refractivity (Wildman–Crippen MR) is 67.4 cm³/mol. The van der Waals surface area contributed by atoms with Gasteiger partial charge >= 0.3 is 0 Å². The number of rotatable bonds is 5. The van der Waals surface area contributed by atoms with Crippen LogP contribution in [-0.4, -0.2) is 11.5 Å². The number of nitrogens with two attached hydrogens (primary N) is 1. The molecule has 86 valence electrons. The van der Waals surface area contributed by atoms with Crippen molar-refractivity contribution >= 4 is 11.3 Å². The maximum absolute atomic E-state index is 5.75. The molecule has 0 radical (unpaired) electrons. The fraction of sp³-hybridized carbons (Fsp3) is 0.750. The first kappa shape index (κ1) is 12.7. The van der Waals surface area contributed by atoms with Gasteiger partial charge in [-0.1, -0.05) is 20.8 Å². The molecule has 1 aromatic rings. The van der Waals surface area contributed by atoms with E-state index >= 15 is 0 Å². The first-order chi connectivity index (χ1) is 6.98. The molecule has 1 rings (SSSR count). The van der Waals surface area contributed by atoms with Crippen LogP contribution < -0.4 is 5.73 Å². The van der Waals surface area contributed by atoms with Crippen LogP contribution in [0.5, 0.6) is 0 Å². The second kappa shape index (κ2) is 5.08. The zero-order chi connectivity index (χ0) is 11.5. The lowest BCUT2D eigenvalue weighted by Gasteiger charge is -2.21. The first-order valence-electron chi connectivity index (χ1n) is 5.64. The second-order valence-electron chi connectivity index (χ2n) is 4.91. The van der Waals surface area contributed by atoms with Crippen LogP contribution in [0.3, 0.4) is 0 Å². The maximum atomic E-state index is 5.75. The van der Waals surface area contributed by atoms with Gasteiger partial charge in [-0.25, -0.2) is 4.98 Å². The van der Waals surface area contributed by atoms with Crippen molar-refractivity contribution < 1.29 is 0 Å². The van der Waals surface area contributed by atoms with Crippen molar-refractivity contribution in [3.8, 4) is 0 Å². The summed E-state index contributed by atoms with van der Waals surface area (Å²) in [6.07, 6.45) is 3.33. The lowest BCUT2D eigenvalue weighted by Crippen LogP contribution is -2.25. The molecule has 0 spiro atoms. The van der Waals surface area contributed by atoms with Crippen LogP contribution >= 0.6 is 11.3 Å². The smallest absolute Gasteiger partial charge is 0.0930 e. The van der Waals surface area contributed by atoms with Gasteiger partial charge in [-0.3, -0.25) is 0 Å². The molecule has 2 nitrogen and oxygen atoms in total. The second-order valence-corrected chi connectivity index (χ2v) is 6.08. The Balaban J connectivity index is 2.77. The molecule has 0 aromatic carbocycles. The van der Waals surface area contributed by atoms with Gasteiger partial charge < -0.3 is 5.73 Å². The summed E-state index contributed by atoms with van der Waals surface area (Å²) in [5, 5.41) is 1.28. The molecule has 0 bridgehead atoms. The van der Waals surface area contributed by atoms with E-state index in [4.69, 9.17) is 5.73 Å². The van der Waals surface area contributed by atoms with E-state index in [-0.39, 0.29) is 5.41 Å². The summed E-state index contributed by atoms with van der Waals surface area (Å²) in [7, 11) is 0. The number of aryl methyl sites for hydroxylation is 2. The summed E-state index contributed by atoms with van der Waals surface area (Å²) >= 11 is 1.86. The fourth-order valence-corrected chi connectivity index (χ4v) is 2.91. The molecule has 3 heteroatoms. The summed E-state index contributed by atoms with van der Waals surface area (Å²) in [6.45, 7) is 9.46. The van der Waals surface area contributed by atoms with E-state index in [1.54, 1.807) is 0 Å². The number of hydrogen-bond acceptors (Lipinski definition) is 3. The van der Waals surface area contributed by atoms with Crippen molar-refractivity contribution in [1.82, 2.24) is 4.98 Å². The summed E-state index contributed by atoms with van der Waals surface area (Å²) in [5.41, 5.74) is 7.15. The standard InChI is InChI=1S/C12H22N2S/c1-5-6-11-14-9(2)10(15-11)7-12(3,4)8-13/h5-8,13H2,1-4H3. The molecule has 0 unspecified atom stereocenters. The minimum absolute atomic E-state index is 0.195. The Bertz CT molecular complexity index is 315. The highest BCUT2D eigenvalue weighted by atomic mass is 32.1. The highest BCUT2D eigenvalue weighted by Crippen LogP contribution is 2.27. The molecule has 0 aliphatic carbocycles. The third-order valence-electron chi connectivity index (χ3n) is 2.59. The highest BCUT2D eigenvalue weighted by molar-refractivity contribution is 7.11. The van der Waals surface area contributed by atoms with Crippen molar-refractivity contribution in [3.63, 3.8) is 0 Å². The van der Waals surface area contributed by atoms with Crippen molar-refractivity contribution in [1.29, 1.82) is 0 Å². The van der Waals surface area contributed by atoms with Crippen LogP contribution in [0, 0.1) is 12.3 Å². The van der Waals surface area contributed by atoms with Crippen molar-refractivity contribution in [2.24, 2.45) is 11.1 Å². The molecule has 0 aliphatic rings. The van der Waals surface area contributed by atoms with Gasteiger partial charge in [0.15, 0.2) is 0 Å². The number of thiazole rings is 1. The van der Waals surface area contributed by atoms with Crippen LogP contribution in [0.15, 0.2) is 0 Å². The number of nitrogens with zero attached hydrogens (tertiary/aromatic N) is 1. The molecule has 15 heavy (non-hydrogen) atoms. The van der Waals surface area contributed by atoms with E-state index in [0.717, 1.165) is 19.4 Å². The average molecular weight is 226 g/mol. The van der Waals surface area contributed by atoms with Gasteiger partial charge in [-0.15, -0.1) is 11.3 Å². The van der Waals surface area contributed by atoms with Crippen LogP contribution in [0.25, 0.3) is 0 Å². The van der Waals surface area contributed by atoms with Crippen molar-refractivity contribution in [2.45, 2.75) is 47.0 Å². The van der Waals surface area contributed by atoms with E-state index < -0.39 is 0 Å². The third kappa shape index (κ3) is 3.58. The van der Waals surface area contributed by atoms with E-state index in [1.807, 2.05) is 11.3 Å². The first-order valence-corrected chi connectivity index (χ1v) is 6.45. The van der Waals surface area contributed by atoms with Crippen LogP contribution in [0.2, 0.25) is 0 Å². The van der Waals surface area contributed by atoms with Crippen LogP contribution in [-0.2, 0) is 12.8 Å². The quantitative estimate of drug-likeness (QED) is 0.838. The summed E-state index contributed by atoms with van der Waals surface area (Å²) in [4.78, 5) is 6.01. The number of aromatic nitrogens is 1. The van der Waals surface area contributed by atoms with Gasteiger partial charge in [0.1, 0.15) is 0 Å². The molecular formula is C12H22N2S. The Hall–Kier alpha value is -0.410. The fourth-order valence-electron chi connectivity index (χ4n) is 1.48. The molecule has 0 saturated heterocycles. The van der Waals surface area contributed by atoms with Crippen LogP contribution in [0.4, 0.5) is 0 Å². The van der Waals surface area contributed by atoms with Gasteiger partial charge in [0.25, 0.3) is 0 Å². The van der Waals surface area contributed by atoms with Gasteiger partial charge in [0.2, 0.25) is 0 Å². The topological polar surface area (TPSA) is 38.9 Å². The molecular weight excluding hydrogens is 204 g/mol. The predicted octanol–water partition coefficient (Wildman–Crippen LogP) is 2.93. The molecule has 0 fully saturated rings. The SMILES string of the molecule is CCCc1nc(C)c(CC(C)(C)CN)s1. The summed E-state index contributed by atoms with van der Waals surface area (Å²) < 4.78 is 0. The molecule has 1 aromatic heterocycles. The van der Waals surface area contributed by atoms with Gasteiger partial charge in [0, 0.05) is 4.88 Å². The van der Waals surface area contributed by atoms with Crippen molar-refractivity contribution in [3.05, 3.63) is 15.6 Å². The van der Waals surface area contributed by atoms with Gasteiger partial charge in [0.05, 0.1) is 10.7 Å². The molecule has 0 amide bonds. The summed E-state index contributed by atoms with van der Waals surface area (Å²) in [6, 6.07) is 0. The molecule has 2 N–H and O–H groups in total. The van der Waals surface area contributed by atoms with Crippen LogP contribution in [0.1, 0.15) is 42.8 Å². The molecule has 0 saturated carbocycles. The zero-order valence-corrected chi connectivity index (χ0v) is 11.1. The molecule has 1 heterocycles. The maximum Gasteiger partial charge on any atom is 0.0930 e. The highest BCUT2D eigenvalue weighted by Gasteiger charge is 2.19. The minimum Gasteiger partial charge on any atom is -0.330 e. The zero-order valence-electron chi connectivity index (χ0n) is 10.3. The minimum atomic E-state index is 0.195. The van der Waals surface area contributed by atoms with Gasteiger partial charge in [-0.2, -0.15) is 0 Å². The normalized spacial score (nSPS) is 12.1. The van der Waals surface area contributed by atoms with Gasteiger partial charge in [-0.05, 0) is 38.1 Å². The molecule has 0 atom stereocenters. The van der Waals surface area contributed by atoms with E-state index in [2.05, 4.69) is 32.7 Å².